The van der Waals surface area contributed by atoms with Crippen molar-refractivity contribution in [1.29, 1.82) is 0 Å². The van der Waals surface area contributed by atoms with Gasteiger partial charge in [0.05, 0.1) is 19.4 Å². The van der Waals surface area contributed by atoms with Crippen LogP contribution in [0.5, 0.6) is 5.75 Å². The molecule has 0 unspecified atom stereocenters. The Morgan fingerprint density at radius 1 is 1.19 bits per heavy atom. The standard InChI is InChI=1S/C19H21F6N3O3/c1-5-28-16(14(19(23,24)25)15(27-28)17(29)31-6-2)12-8-7-11(9-13(12)30-4)26-10(3)18(20,21)22/h7-10,26H,5-6H2,1-4H3/t10-/m1/s1. The molecule has 31 heavy (non-hydrogen) atoms. The van der Waals surface area contributed by atoms with Crippen molar-refractivity contribution in [3.8, 4) is 17.0 Å². The molecule has 0 amide bonds. The molecule has 1 heterocycles. The monoisotopic (exact) mass is 453 g/mol. The van der Waals surface area contributed by atoms with Gasteiger partial charge in [0.1, 0.15) is 17.4 Å². The van der Waals surface area contributed by atoms with E-state index >= 15 is 0 Å². The number of anilines is 1. The molecule has 0 saturated heterocycles. The second-order valence-electron chi connectivity index (χ2n) is 6.43. The fourth-order valence-corrected chi connectivity index (χ4v) is 2.88. The highest BCUT2D eigenvalue weighted by Crippen LogP contribution is 2.43. The molecule has 172 valence electrons. The van der Waals surface area contributed by atoms with E-state index < -0.39 is 41.3 Å². The minimum absolute atomic E-state index is 0.00726. The molecule has 1 aromatic carbocycles. The first kappa shape index (κ1) is 24.4. The van der Waals surface area contributed by atoms with Crippen LogP contribution in [-0.2, 0) is 17.5 Å². The number of hydrogen-bond donors (Lipinski definition) is 1. The van der Waals surface area contributed by atoms with E-state index in [2.05, 4.69) is 10.4 Å². The number of halogens is 6. The summed E-state index contributed by atoms with van der Waals surface area (Å²) in [5.41, 5.74) is -2.76. The van der Waals surface area contributed by atoms with Gasteiger partial charge in [-0.05, 0) is 32.9 Å². The van der Waals surface area contributed by atoms with E-state index in [4.69, 9.17) is 9.47 Å². The second kappa shape index (κ2) is 9.06. The minimum Gasteiger partial charge on any atom is -0.496 e. The normalized spacial score (nSPS) is 13.1. The van der Waals surface area contributed by atoms with Crippen molar-refractivity contribution in [1.82, 2.24) is 9.78 Å². The quantitative estimate of drug-likeness (QED) is 0.465. The SMILES string of the molecule is CCOC(=O)c1nn(CC)c(-c2ccc(N[C@H](C)C(F)(F)F)cc2OC)c1C(F)(F)F. The third kappa shape index (κ3) is 5.23. The summed E-state index contributed by atoms with van der Waals surface area (Å²) in [4.78, 5) is 12.1. The van der Waals surface area contributed by atoms with Gasteiger partial charge < -0.3 is 14.8 Å². The number of aromatic nitrogens is 2. The number of carbonyl (C=O) groups excluding carboxylic acids is 1. The summed E-state index contributed by atoms with van der Waals surface area (Å²) in [6.45, 7) is 3.70. The van der Waals surface area contributed by atoms with Crippen LogP contribution in [0.3, 0.4) is 0 Å². The third-order valence-electron chi connectivity index (χ3n) is 4.34. The Kier molecular flexibility index (Phi) is 7.12. The van der Waals surface area contributed by atoms with Crippen LogP contribution in [-0.4, -0.2) is 41.7 Å². The Morgan fingerprint density at radius 3 is 2.32 bits per heavy atom. The topological polar surface area (TPSA) is 65.4 Å². The molecule has 0 radical (unpaired) electrons. The number of nitrogens with zero attached hydrogens (tertiary/aromatic N) is 2. The number of rotatable bonds is 7. The van der Waals surface area contributed by atoms with Crippen LogP contribution < -0.4 is 10.1 Å². The Morgan fingerprint density at radius 2 is 1.84 bits per heavy atom. The maximum atomic E-state index is 13.9. The molecule has 2 aromatic rings. The van der Waals surface area contributed by atoms with Gasteiger partial charge in [-0.3, -0.25) is 4.68 Å². The number of benzene rings is 1. The van der Waals surface area contributed by atoms with Crippen LogP contribution in [0.25, 0.3) is 11.3 Å². The summed E-state index contributed by atoms with van der Waals surface area (Å²) in [6, 6.07) is 1.62. The van der Waals surface area contributed by atoms with Gasteiger partial charge >= 0.3 is 18.3 Å². The van der Waals surface area contributed by atoms with E-state index in [0.29, 0.717) is 0 Å². The summed E-state index contributed by atoms with van der Waals surface area (Å²) in [5.74, 6) is -1.37. The van der Waals surface area contributed by atoms with Crippen LogP contribution in [0.4, 0.5) is 32.0 Å². The lowest BCUT2D eigenvalue weighted by Gasteiger charge is -2.20. The zero-order valence-corrected chi connectivity index (χ0v) is 17.1. The van der Waals surface area contributed by atoms with Crippen molar-refractivity contribution >= 4 is 11.7 Å². The first-order chi connectivity index (χ1) is 14.3. The van der Waals surface area contributed by atoms with Crippen molar-refractivity contribution in [3.05, 3.63) is 29.5 Å². The van der Waals surface area contributed by atoms with Gasteiger partial charge in [0.2, 0.25) is 0 Å². The highest BCUT2D eigenvalue weighted by molar-refractivity contribution is 5.92. The average molecular weight is 453 g/mol. The minimum atomic E-state index is -4.96. The van der Waals surface area contributed by atoms with Crippen LogP contribution in [0.1, 0.15) is 36.8 Å². The molecule has 1 atom stereocenters. The molecule has 2 rings (SSSR count). The maximum Gasteiger partial charge on any atom is 0.420 e. The van der Waals surface area contributed by atoms with Crippen LogP contribution in [0.2, 0.25) is 0 Å². The number of esters is 1. The molecular formula is C19H21F6N3O3. The van der Waals surface area contributed by atoms with Gasteiger partial charge in [-0.1, -0.05) is 0 Å². The summed E-state index contributed by atoms with van der Waals surface area (Å²) < 4.78 is 91.0. The number of alkyl halides is 6. The Balaban J connectivity index is 2.68. The van der Waals surface area contributed by atoms with E-state index in [1.54, 1.807) is 0 Å². The maximum absolute atomic E-state index is 13.9. The molecule has 12 heteroatoms. The number of hydrogen-bond acceptors (Lipinski definition) is 5. The molecule has 0 bridgehead atoms. The molecule has 0 aliphatic rings. The molecule has 1 aromatic heterocycles. The lowest BCUT2D eigenvalue weighted by Crippen LogP contribution is -2.33. The summed E-state index contributed by atoms with van der Waals surface area (Å²) in [6.07, 6.45) is -9.48. The first-order valence-electron chi connectivity index (χ1n) is 9.21. The molecule has 0 saturated carbocycles. The zero-order valence-electron chi connectivity index (χ0n) is 17.1. The Hall–Kier alpha value is -2.92. The number of ether oxygens (including phenoxy) is 2. The number of methoxy groups -OCH3 is 1. The fraction of sp³-hybridized carbons (Fsp3) is 0.474. The predicted octanol–water partition coefficient (Wildman–Crippen LogP) is 5.14. The number of nitrogens with one attached hydrogen (secondary N) is 1. The van der Waals surface area contributed by atoms with Gasteiger partial charge in [0, 0.05) is 23.9 Å². The zero-order chi connectivity index (χ0) is 23.6. The fourth-order valence-electron chi connectivity index (χ4n) is 2.88. The van der Waals surface area contributed by atoms with Gasteiger partial charge in [-0.15, -0.1) is 0 Å². The lowest BCUT2D eigenvalue weighted by atomic mass is 10.0. The van der Waals surface area contributed by atoms with Crippen LogP contribution in [0, 0.1) is 0 Å². The van der Waals surface area contributed by atoms with E-state index in [0.717, 1.165) is 17.7 Å². The predicted molar refractivity (Wildman–Crippen MR) is 100.0 cm³/mol. The van der Waals surface area contributed by atoms with Gasteiger partial charge in [-0.25, -0.2) is 4.79 Å². The summed E-state index contributed by atoms with van der Waals surface area (Å²) in [7, 11) is 1.17. The molecule has 0 spiro atoms. The van der Waals surface area contributed by atoms with Crippen molar-refractivity contribution in [2.24, 2.45) is 0 Å². The molecule has 1 N–H and O–H groups in total. The van der Waals surface area contributed by atoms with Crippen LogP contribution >= 0.6 is 0 Å². The van der Waals surface area contributed by atoms with E-state index in [9.17, 15) is 31.1 Å². The average Bonchev–Trinajstić information content (AvgIpc) is 3.07. The van der Waals surface area contributed by atoms with E-state index in [-0.39, 0.29) is 30.2 Å². The molecule has 0 aliphatic heterocycles. The Labute approximate surface area is 174 Å². The molecule has 0 fully saturated rings. The number of aryl methyl sites for hydroxylation is 1. The molecular weight excluding hydrogens is 432 g/mol. The lowest BCUT2D eigenvalue weighted by molar-refractivity contribution is -0.139. The van der Waals surface area contributed by atoms with Crippen LogP contribution in [0.15, 0.2) is 18.2 Å². The van der Waals surface area contributed by atoms with Crippen molar-refractivity contribution < 1.29 is 40.6 Å². The highest BCUT2D eigenvalue weighted by Gasteiger charge is 2.43. The van der Waals surface area contributed by atoms with E-state index in [1.165, 1.54) is 33.1 Å². The van der Waals surface area contributed by atoms with E-state index in [1.807, 2.05) is 0 Å². The summed E-state index contributed by atoms with van der Waals surface area (Å²) in [5, 5.41) is 6.00. The van der Waals surface area contributed by atoms with Crippen molar-refractivity contribution in [2.75, 3.05) is 19.0 Å². The van der Waals surface area contributed by atoms with Crippen molar-refractivity contribution in [3.63, 3.8) is 0 Å². The molecule has 6 nitrogen and oxygen atoms in total. The van der Waals surface area contributed by atoms with Gasteiger partial charge in [-0.2, -0.15) is 31.4 Å². The summed E-state index contributed by atoms with van der Waals surface area (Å²) >= 11 is 0. The first-order valence-corrected chi connectivity index (χ1v) is 9.21. The van der Waals surface area contributed by atoms with Gasteiger partial charge in [0.15, 0.2) is 5.69 Å². The van der Waals surface area contributed by atoms with Gasteiger partial charge in [0.25, 0.3) is 0 Å². The Bertz CT molecular complexity index is 937. The van der Waals surface area contributed by atoms with Crippen molar-refractivity contribution in [2.45, 2.75) is 45.7 Å². The largest absolute Gasteiger partial charge is 0.496 e. The highest BCUT2D eigenvalue weighted by atomic mass is 19.4. The smallest absolute Gasteiger partial charge is 0.420 e. The second-order valence-corrected chi connectivity index (χ2v) is 6.43. The third-order valence-corrected chi connectivity index (χ3v) is 4.34. The molecule has 0 aliphatic carbocycles. The number of carbonyl (C=O) groups is 1.